The summed E-state index contributed by atoms with van der Waals surface area (Å²) < 4.78 is 17.0. The van der Waals surface area contributed by atoms with E-state index in [0.717, 1.165) is 5.56 Å². The number of rotatable bonds is 4. The highest BCUT2D eigenvalue weighted by molar-refractivity contribution is 5.99. The van der Waals surface area contributed by atoms with Crippen LogP contribution in [-0.4, -0.2) is 41.8 Å². The summed E-state index contributed by atoms with van der Waals surface area (Å²) in [5.41, 5.74) is 0.940. The molecule has 4 aliphatic heterocycles. The van der Waals surface area contributed by atoms with Crippen LogP contribution in [0.4, 0.5) is 5.69 Å². The van der Waals surface area contributed by atoms with Crippen LogP contribution in [0.3, 0.4) is 0 Å². The average Bonchev–Trinajstić information content (AvgIpc) is 3.50. The predicted molar refractivity (Wildman–Crippen MR) is 107 cm³/mol. The Kier molecular flexibility index (Phi) is 3.70. The molecule has 2 aromatic rings. The maximum atomic E-state index is 13.4. The van der Waals surface area contributed by atoms with Crippen LogP contribution in [0, 0.1) is 11.8 Å². The summed E-state index contributed by atoms with van der Waals surface area (Å²) in [7, 11) is 0. The quantitative estimate of drug-likeness (QED) is 0.792. The highest BCUT2D eigenvalue weighted by Gasteiger charge is 2.66. The first-order valence-corrected chi connectivity index (χ1v) is 10.0. The molecule has 0 saturated carbocycles. The Hall–Kier alpha value is -3.32. The number of hydrogen-bond acceptors (Lipinski definition) is 5. The van der Waals surface area contributed by atoms with Gasteiger partial charge in [-0.15, -0.1) is 0 Å². The fourth-order valence-electron chi connectivity index (χ4n) is 5.02. The molecule has 6 rings (SSSR count). The number of amides is 2. The Morgan fingerprint density at radius 2 is 1.97 bits per heavy atom. The fraction of sp³-hybridized carbons (Fsp3) is 0.304. The van der Waals surface area contributed by atoms with Crippen LogP contribution in [-0.2, 0) is 20.9 Å². The summed E-state index contributed by atoms with van der Waals surface area (Å²) >= 11 is 0. The van der Waals surface area contributed by atoms with Crippen molar-refractivity contribution in [2.45, 2.75) is 18.2 Å². The van der Waals surface area contributed by atoms with Gasteiger partial charge in [-0.3, -0.25) is 9.59 Å². The third-order valence-electron chi connectivity index (χ3n) is 6.33. The molecule has 2 saturated heterocycles. The zero-order valence-electron chi connectivity index (χ0n) is 16.1. The van der Waals surface area contributed by atoms with E-state index >= 15 is 0 Å². The number of benzene rings is 2. The van der Waals surface area contributed by atoms with E-state index in [4.69, 9.17) is 14.2 Å². The van der Waals surface area contributed by atoms with Crippen molar-refractivity contribution in [2.24, 2.45) is 11.8 Å². The second-order valence-corrected chi connectivity index (χ2v) is 8.14. The van der Waals surface area contributed by atoms with Crippen molar-refractivity contribution in [2.75, 3.05) is 18.7 Å². The molecular weight excluding hydrogens is 384 g/mol. The Bertz CT molecular complexity index is 1070. The molecule has 7 heteroatoms. The Labute approximate surface area is 173 Å². The number of hydrogen-bond donors (Lipinski definition) is 1. The largest absolute Gasteiger partial charge is 0.454 e. The van der Waals surface area contributed by atoms with Crippen LogP contribution in [0.1, 0.15) is 5.56 Å². The third-order valence-corrected chi connectivity index (χ3v) is 6.33. The molecule has 1 spiro atoms. The van der Waals surface area contributed by atoms with E-state index in [0.29, 0.717) is 30.3 Å². The zero-order chi connectivity index (χ0) is 20.3. The van der Waals surface area contributed by atoms with Crippen molar-refractivity contribution in [1.29, 1.82) is 0 Å². The molecular formula is C23H20N2O5. The molecule has 4 heterocycles. The molecule has 0 aliphatic carbocycles. The van der Waals surface area contributed by atoms with Crippen molar-refractivity contribution >= 4 is 17.5 Å². The Balaban J connectivity index is 1.24. The van der Waals surface area contributed by atoms with Gasteiger partial charge in [-0.05, 0) is 29.8 Å². The topological polar surface area (TPSA) is 77.1 Å². The number of para-hydroxylation sites is 1. The van der Waals surface area contributed by atoms with Gasteiger partial charge >= 0.3 is 0 Å². The molecule has 7 nitrogen and oxygen atoms in total. The molecule has 1 N–H and O–H groups in total. The SMILES string of the molecule is O=C(Nc1ccccc1)C1C2C(=O)N(Cc3ccc4c(c3)OCO4)CC23C=C[C@H]1O3. The van der Waals surface area contributed by atoms with Gasteiger partial charge in [-0.25, -0.2) is 0 Å². The summed E-state index contributed by atoms with van der Waals surface area (Å²) in [6, 6.07) is 15.0. The van der Waals surface area contributed by atoms with Crippen molar-refractivity contribution in [3.63, 3.8) is 0 Å². The predicted octanol–water partition coefficient (Wildman–Crippen LogP) is 2.34. The summed E-state index contributed by atoms with van der Waals surface area (Å²) in [6.45, 7) is 1.08. The molecule has 2 fully saturated rings. The molecule has 0 radical (unpaired) electrons. The first-order valence-electron chi connectivity index (χ1n) is 10.0. The highest BCUT2D eigenvalue weighted by atomic mass is 16.7. The van der Waals surface area contributed by atoms with Crippen LogP contribution in [0.2, 0.25) is 0 Å². The minimum absolute atomic E-state index is 0.0484. The smallest absolute Gasteiger partial charge is 0.231 e. The normalized spacial score (nSPS) is 30.1. The number of likely N-dealkylation sites (tertiary alicyclic amines) is 1. The van der Waals surface area contributed by atoms with Gasteiger partial charge in [0.1, 0.15) is 5.60 Å². The number of fused-ring (bicyclic) bond motifs is 2. The lowest BCUT2D eigenvalue weighted by atomic mass is 9.77. The van der Waals surface area contributed by atoms with E-state index < -0.39 is 17.4 Å². The van der Waals surface area contributed by atoms with Crippen LogP contribution < -0.4 is 14.8 Å². The standard InChI is InChI=1S/C23H20N2O5/c26-21(24-15-4-2-1-3-5-15)19-17-8-9-23(30-17)12-25(22(27)20(19)23)11-14-6-7-16-18(10-14)29-13-28-16/h1-10,17,19-20H,11-13H2,(H,24,26)/t17-,19?,20?,23?/m1/s1. The Morgan fingerprint density at radius 1 is 1.13 bits per heavy atom. The Morgan fingerprint density at radius 3 is 2.83 bits per heavy atom. The van der Waals surface area contributed by atoms with Crippen molar-refractivity contribution in [1.82, 2.24) is 4.90 Å². The maximum absolute atomic E-state index is 13.4. The minimum atomic E-state index is -0.725. The van der Waals surface area contributed by atoms with Gasteiger partial charge in [0.05, 0.1) is 24.5 Å². The number of nitrogens with one attached hydrogen (secondary N) is 1. The molecule has 2 aromatic carbocycles. The zero-order valence-corrected chi connectivity index (χ0v) is 16.1. The monoisotopic (exact) mass is 404 g/mol. The van der Waals surface area contributed by atoms with Gasteiger partial charge < -0.3 is 24.4 Å². The summed E-state index contributed by atoms with van der Waals surface area (Å²) in [5.74, 6) is 0.127. The maximum Gasteiger partial charge on any atom is 0.231 e. The van der Waals surface area contributed by atoms with Crippen molar-refractivity contribution in [3.05, 3.63) is 66.2 Å². The average molecular weight is 404 g/mol. The summed E-state index contributed by atoms with van der Waals surface area (Å²) in [6.07, 6.45) is 3.52. The first kappa shape index (κ1) is 17.5. The van der Waals surface area contributed by atoms with Crippen molar-refractivity contribution in [3.8, 4) is 11.5 Å². The lowest BCUT2D eigenvalue weighted by molar-refractivity contribution is -0.136. The van der Waals surface area contributed by atoms with E-state index in [2.05, 4.69) is 5.32 Å². The molecule has 0 aromatic heterocycles. The number of carbonyl (C=O) groups is 2. The molecule has 3 unspecified atom stereocenters. The van der Waals surface area contributed by atoms with Gasteiger partial charge in [-0.2, -0.15) is 0 Å². The van der Waals surface area contributed by atoms with Crippen LogP contribution in [0.15, 0.2) is 60.7 Å². The minimum Gasteiger partial charge on any atom is -0.454 e. The molecule has 2 amide bonds. The van der Waals surface area contributed by atoms with Crippen LogP contribution in [0.25, 0.3) is 0 Å². The lowest BCUT2D eigenvalue weighted by Gasteiger charge is -2.23. The van der Waals surface area contributed by atoms with Gasteiger partial charge in [0, 0.05) is 12.2 Å². The van der Waals surface area contributed by atoms with Gasteiger partial charge in [0.15, 0.2) is 11.5 Å². The molecule has 4 atom stereocenters. The van der Waals surface area contributed by atoms with E-state index in [1.165, 1.54) is 0 Å². The second kappa shape index (κ2) is 6.34. The van der Waals surface area contributed by atoms with Crippen LogP contribution >= 0.6 is 0 Å². The molecule has 4 aliphatic rings. The third kappa shape index (κ3) is 2.55. The van der Waals surface area contributed by atoms with E-state index in [-0.39, 0.29) is 24.7 Å². The number of carbonyl (C=O) groups excluding carboxylic acids is 2. The van der Waals surface area contributed by atoms with Gasteiger partial charge in [0.25, 0.3) is 0 Å². The molecule has 2 bridgehead atoms. The van der Waals surface area contributed by atoms with Crippen molar-refractivity contribution < 1.29 is 23.8 Å². The number of ether oxygens (including phenoxy) is 3. The molecule has 152 valence electrons. The second-order valence-electron chi connectivity index (χ2n) is 8.14. The van der Waals surface area contributed by atoms with Gasteiger partial charge in [-0.1, -0.05) is 36.4 Å². The van der Waals surface area contributed by atoms with Gasteiger partial charge in [0.2, 0.25) is 18.6 Å². The summed E-state index contributed by atoms with van der Waals surface area (Å²) in [5, 5.41) is 2.94. The van der Waals surface area contributed by atoms with E-state index in [9.17, 15) is 9.59 Å². The van der Waals surface area contributed by atoms with E-state index in [1.807, 2.05) is 60.7 Å². The fourth-order valence-corrected chi connectivity index (χ4v) is 5.02. The lowest BCUT2D eigenvalue weighted by Crippen LogP contribution is -2.41. The first-order chi connectivity index (χ1) is 14.6. The highest BCUT2D eigenvalue weighted by Crippen LogP contribution is 2.52. The summed E-state index contributed by atoms with van der Waals surface area (Å²) in [4.78, 5) is 28.2. The van der Waals surface area contributed by atoms with Crippen LogP contribution in [0.5, 0.6) is 11.5 Å². The number of anilines is 1. The van der Waals surface area contributed by atoms with E-state index in [1.54, 1.807) is 4.90 Å². The number of nitrogens with zero attached hydrogens (tertiary/aromatic N) is 1. The molecule has 30 heavy (non-hydrogen) atoms.